The van der Waals surface area contributed by atoms with Gasteiger partial charge >= 0.3 is 0 Å². The maximum absolute atomic E-state index is 14.4. The Bertz CT molecular complexity index is 595. The Morgan fingerprint density at radius 1 is 1.40 bits per heavy atom. The summed E-state index contributed by atoms with van der Waals surface area (Å²) >= 11 is 0. The number of aryl methyl sites for hydroxylation is 2. The molecule has 1 aromatic carbocycles. The molecule has 4 nitrogen and oxygen atoms in total. The van der Waals surface area contributed by atoms with Gasteiger partial charge in [-0.1, -0.05) is 19.1 Å². The molecule has 0 radical (unpaired) electrons. The van der Waals surface area contributed by atoms with E-state index in [1.54, 1.807) is 22.9 Å². The minimum atomic E-state index is -0.333. The molecule has 0 aliphatic heterocycles. The molecule has 1 N–H and O–H groups in total. The van der Waals surface area contributed by atoms with E-state index in [4.69, 9.17) is 4.74 Å². The molecule has 5 heteroatoms. The molecule has 2 aromatic rings. The monoisotopic (exact) mass is 277 g/mol. The highest BCUT2D eigenvalue weighted by atomic mass is 19.1. The zero-order chi connectivity index (χ0) is 14.7. The van der Waals surface area contributed by atoms with E-state index in [1.807, 2.05) is 27.2 Å². The van der Waals surface area contributed by atoms with Gasteiger partial charge in [0.1, 0.15) is 0 Å². The molecule has 108 valence electrons. The van der Waals surface area contributed by atoms with E-state index in [0.717, 1.165) is 17.7 Å². The standard InChI is InChI=1S/C15H20FN3O/c1-5-12-11(9-19(3)18-12)15(17-2)10-7-6-8-13(20-4)14(10)16/h6-9,15,17H,5H2,1-4H3. The van der Waals surface area contributed by atoms with E-state index in [9.17, 15) is 4.39 Å². The first-order valence-electron chi connectivity index (χ1n) is 6.64. The highest BCUT2D eigenvalue weighted by Gasteiger charge is 2.22. The average molecular weight is 277 g/mol. The lowest BCUT2D eigenvalue weighted by atomic mass is 9.97. The summed E-state index contributed by atoms with van der Waals surface area (Å²) in [5.74, 6) is -0.0788. The second-order valence-corrected chi connectivity index (χ2v) is 4.64. The van der Waals surface area contributed by atoms with Crippen molar-refractivity contribution in [3.63, 3.8) is 0 Å². The van der Waals surface area contributed by atoms with Crippen molar-refractivity contribution in [2.24, 2.45) is 7.05 Å². The lowest BCUT2D eigenvalue weighted by Crippen LogP contribution is -2.20. The average Bonchev–Trinajstić information content (AvgIpc) is 2.82. The summed E-state index contributed by atoms with van der Waals surface area (Å²) < 4.78 is 21.3. The third-order valence-electron chi connectivity index (χ3n) is 3.40. The maximum atomic E-state index is 14.4. The second kappa shape index (κ2) is 6.05. The van der Waals surface area contributed by atoms with Gasteiger partial charge < -0.3 is 10.1 Å². The van der Waals surface area contributed by atoms with Crippen LogP contribution in [-0.4, -0.2) is 23.9 Å². The number of nitrogens with zero attached hydrogens (tertiary/aromatic N) is 2. The van der Waals surface area contributed by atoms with E-state index in [-0.39, 0.29) is 17.6 Å². The van der Waals surface area contributed by atoms with Gasteiger partial charge in [-0.25, -0.2) is 4.39 Å². The number of aromatic nitrogens is 2. The molecule has 0 aliphatic rings. The number of methoxy groups -OCH3 is 1. The first-order chi connectivity index (χ1) is 9.62. The summed E-state index contributed by atoms with van der Waals surface area (Å²) in [5.41, 5.74) is 2.52. The highest BCUT2D eigenvalue weighted by Crippen LogP contribution is 2.30. The first kappa shape index (κ1) is 14.5. The third-order valence-corrected chi connectivity index (χ3v) is 3.40. The van der Waals surface area contributed by atoms with Crippen molar-refractivity contribution < 1.29 is 9.13 Å². The van der Waals surface area contributed by atoms with Crippen molar-refractivity contribution in [2.75, 3.05) is 14.2 Å². The summed E-state index contributed by atoms with van der Waals surface area (Å²) in [6.45, 7) is 2.04. The highest BCUT2D eigenvalue weighted by molar-refractivity contribution is 5.39. The molecule has 1 heterocycles. The van der Waals surface area contributed by atoms with Crippen LogP contribution in [0.1, 0.15) is 29.8 Å². The predicted molar refractivity (Wildman–Crippen MR) is 76.4 cm³/mol. The van der Waals surface area contributed by atoms with Crippen LogP contribution in [0.25, 0.3) is 0 Å². The Kier molecular flexibility index (Phi) is 4.39. The zero-order valence-electron chi connectivity index (χ0n) is 12.3. The summed E-state index contributed by atoms with van der Waals surface area (Å²) in [7, 11) is 5.16. The molecular formula is C15H20FN3O. The lowest BCUT2D eigenvalue weighted by molar-refractivity contribution is 0.382. The normalized spacial score (nSPS) is 12.4. The maximum Gasteiger partial charge on any atom is 0.170 e. The number of hydrogen-bond acceptors (Lipinski definition) is 3. The second-order valence-electron chi connectivity index (χ2n) is 4.64. The molecule has 0 saturated carbocycles. The van der Waals surface area contributed by atoms with Gasteiger partial charge in [0.25, 0.3) is 0 Å². The van der Waals surface area contributed by atoms with E-state index in [0.29, 0.717) is 5.56 Å². The quantitative estimate of drug-likeness (QED) is 0.912. The van der Waals surface area contributed by atoms with Gasteiger partial charge in [0.2, 0.25) is 0 Å². The number of hydrogen-bond donors (Lipinski definition) is 1. The van der Waals surface area contributed by atoms with Crippen LogP contribution in [0.3, 0.4) is 0 Å². The summed E-state index contributed by atoms with van der Waals surface area (Å²) in [4.78, 5) is 0. The smallest absolute Gasteiger partial charge is 0.170 e. The van der Waals surface area contributed by atoms with Crippen LogP contribution in [0.5, 0.6) is 5.75 Å². The molecule has 0 spiro atoms. The van der Waals surface area contributed by atoms with Crippen molar-refractivity contribution in [3.8, 4) is 5.75 Å². The Labute approximate surface area is 118 Å². The largest absolute Gasteiger partial charge is 0.494 e. The molecule has 0 aliphatic carbocycles. The molecule has 0 saturated heterocycles. The molecular weight excluding hydrogens is 257 g/mol. The Balaban J connectivity index is 2.52. The topological polar surface area (TPSA) is 39.1 Å². The van der Waals surface area contributed by atoms with E-state index >= 15 is 0 Å². The molecule has 20 heavy (non-hydrogen) atoms. The summed E-state index contributed by atoms with van der Waals surface area (Å²) in [6, 6.07) is 4.94. The van der Waals surface area contributed by atoms with Gasteiger partial charge in [0, 0.05) is 24.4 Å². The molecule has 1 atom stereocenters. The van der Waals surface area contributed by atoms with Gasteiger partial charge in [-0.2, -0.15) is 5.10 Å². The number of rotatable bonds is 5. The van der Waals surface area contributed by atoms with Crippen molar-refractivity contribution >= 4 is 0 Å². The van der Waals surface area contributed by atoms with Gasteiger partial charge in [0.15, 0.2) is 11.6 Å². The molecule has 0 bridgehead atoms. The van der Waals surface area contributed by atoms with Crippen LogP contribution in [0, 0.1) is 5.82 Å². The van der Waals surface area contributed by atoms with Gasteiger partial charge in [-0.05, 0) is 19.5 Å². The van der Waals surface area contributed by atoms with E-state index in [1.165, 1.54) is 7.11 Å². The Hall–Kier alpha value is -1.88. The van der Waals surface area contributed by atoms with E-state index in [2.05, 4.69) is 10.4 Å². The molecule has 0 amide bonds. The fourth-order valence-corrected chi connectivity index (χ4v) is 2.46. The first-order valence-corrected chi connectivity index (χ1v) is 6.64. The minimum Gasteiger partial charge on any atom is -0.494 e. The summed E-state index contributed by atoms with van der Waals surface area (Å²) in [6.07, 6.45) is 2.73. The van der Waals surface area contributed by atoms with Crippen molar-refractivity contribution in [1.29, 1.82) is 0 Å². The van der Waals surface area contributed by atoms with Gasteiger partial charge in [-0.3, -0.25) is 4.68 Å². The molecule has 1 aromatic heterocycles. The zero-order valence-corrected chi connectivity index (χ0v) is 12.3. The SMILES string of the molecule is CCc1nn(C)cc1C(NC)c1cccc(OC)c1F. The van der Waals surface area contributed by atoms with Crippen molar-refractivity contribution in [2.45, 2.75) is 19.4 Å². The fraction of sp³-hybridized carbons (Fsp3) is 0.400. The van der Waals surface area contributed by atoms with Crippen LogP contribution < -0.4 is 10.1 Å². The Morgan fingerprint density at radius 2 is 2.15 bits per heavy atom. The predicted octanol–water partition coefficient (Wildman–Crippen LogP) is 2.44. The number of benzene rings is 1. The van der Waals surface area contributed by atoms with Gasteiger partial charge in [-0.15, -0.1) is 0 Å². The van der Waals surface area contributed by atoms with Crippen LogP contribution in [0.2, 0.25) is 0 Å². The number of nitrogens with one attached hydrogen (secondary N) is 1. The number of halogens is 1. The van der Waals surface area contributed by atoms with Crippen LogP contribution in [0.4, 0.5) is 4.39 Å². The molecule has 1 unspecified atom stereocenters. The molecule has 2 rings (SSSR count). The number of ether oxygens (including phenoxy) is 1. The minimum absolute atomic E-state index is 0.242. The van der Waals surface area contributed by atoms with Crippen LogP contribution in [-0.2, 0) is 13.5 Å². The lowest BCUT2D eigenvalue weighted by Gasteiger charge is -2.18. The van der Waals surface area contributed by atoms with Gasteiger partial charge in [0.05, 0.1) is 18.8 Å². The Morgan fingerprint density at radius 3 is 2.75 bits per heavy atom. The summed E-state index contributed by atoms with van der Waals surface area (Å²) in [5, 5.41) is 7.58. The van der Waals surface area contributed by atoms with Crippen LogP contribution in [0.15, 0.2) is 24.4 Å². The van der Waals surface area contributed by atoms with E-state index < -0.39 is 0 Å². The van der Waals surface area contributed by atoms with Crippen molar-refractivity contribution in [1.82, 2.24) is 15.1 Å². The third kappa shape index (κ3) is 2.54. The molecule has 0 fully saturated rings. The van der Waals surface area contributed by atoms with Crippen LogP contribution >= 0.6 is 0 Å². The fourth-order valence-electron chi connectivity index (χ4n) is 2.46. The van der Waals surface area contributed by atoms with Crippen molar-refractivity contribution in [3.05, 3.63) is 47.0 Å².